The molecule has 0 amide bonds. The highest BCUT2D eigenvalue weighted by molar-refractivity contribution is 5.73. The molecule has 18 heavy (non-hydrogen) atoms. The molecule has 1 aliphatic carbocycles. The van der Waals surface area contributed by atoms with Crippen LogP contribution in [0.1, 0.15) is 12.0 Å². The fraction of sp³-hybridized carbons (Fsp3) is 0.417. The maximum Gasteiger partial charge on any atom is 0.416 e. The summed E-state index contributed by atoms with van der Waals surface area (Å²) < 4.78 is 42.4. The Labute approximate surface area is 101 Å². The van der Waals surface area contributed by atoms with E-state index < -0.39 is 23.6 Å². The zero-order valence-corrected chi connectivity index (χ0v) is 9.28. The van der Waals surface area contributed by atoms with E-state index in [4.69, 9.17) is 9.84 Å². The lowest BCUT2D eigenvalue weighted by atomic mass is 10.2. The molecule has 0 spiro atoms. The first-order chi connectivity index (χ1) is 8.38. The first-order valence-corrected chi connectivity index (χ1v) is 5.41. The average Bonchev–Trinajstić information content (AvgIpc) is 3.05. The third-order valence-corrected chi connectivity index (χ3v) is 2.87. The van der Waals surface area contributed by atoms with Crippen molar-refractivity contribution in [2.45, 2.75) is 12.6 Å². The number of alkyl halides is 3. The molecule has 1 aliphatic rings. The molecule has 1 fully saturated rings. The molecule has 2 unspecified atom stereocenters. The van der Waals surface area contributed by atoms with E-state index in [1.54, 1.807) is 0 Å². The molecule has 0 aromatic heterocycles. The van der Waals surface area contributed by atoms with Crippen LogP contribution in [-0.2, 0) is 11.0 Å². The Morgan fingerprint density at radius 1 is 1.44 bits per heavy atom. The second-order valence-corrected chi connectivity index (χ2v) is 4.28. The smallest absolute Gasteiger partial charge is 0.416 e. The average molecular weight is 260 g/mol. The van der Waals surface area contributed by atoms with Gasteiger partial charge in [0.2, 0.25) is 0 Å². The lowest BCUT2D eigenvalue weighted by molar-refractivity contribution is -0.139. The largest absolute Gasteiger partial charge is 0.493 e. The summed E-state index contributed by atoms with van der Waals surface area (Å²) in [5.41, 5.74) is -0.773. The molecule has 6 heteroatoms. The van der Waals surface area contributed by atoms with Gasteiger partial charge in [-0.05, 0) is 24.6 Å². The lowest BCUT2D eigenvalue weighted by Crippen LogP contribution is -2.08. The summed E-state index contributed by atoms with van der Waals surface area (Å²) in [5, 5.41) is 8.67. The van der Waals surface area contributed by atoms with Crippen molar-refractivity contribution in [3.63, 3.8) is 0 Å². The molecule has 1 aromatic carbocycles. The Morgan fingerprint density at radius 3 is 2.72 bits per heavy atom. The van der Waals surface area contributed by atoms with Gasteiger partial charge in [0.25, 0.3) is 0 Å². The van der Waals surface area contributed by atoms with Crippen LogP contribution >= 0.6 is 0 Å². The molecule has 98 valence electrons. The maximum absolute atomic E-state index is 12.4. The van der Waals surface area contributed by atoms with Crippen molar-refractivity contribution in [3.05, 3.63) is 29.8 Å². The van der Waals surface area contributed by atoms with Crippen molar-refractivity contribution in [2.75, 3.05) is 6.61 Å². The Kier molecular flexibility index (Phi) is 3.19. The van der Waals surface area contributed by atoms with Gasteiger partial charge in [-0.3, -0.25) is 4.79 Å². The molecule has 2 rings (SSSR count). The van der Waals surface area contributed by atoms with Crippen LogP contribution < -0.4 is 4.74 Å². The molecular weight excluding hydrogens is 249 g/mol. The first kappa shape index (κ1) is 12.7. The number of aliphatic carboxylic acids is 1. The van der Waals surface area contributed by atoms with Crippen LogP contribution in [0.15, 0.2) is 24.3 Å². The highest BCUT2D eigenvalue weighted by Crippen LogP contribution is 2.39. The van der Waals surface area contributed by atoms with E-state index >= 15 is 0 Å². The third kappa shape index (κ3) is 2.94. The van der Waals surface area contributed by atoms with Crippen molar-refractivity contribution in [1.82, 2.24) is 0 Å². The van der Waals surface area contributed by atoms with E-state index in [1.807, 2.05) is 0 Å². The van der Waals surface area contributed by atoms with Gasteiger partial charge in [0, 0.05) is 5.92 Å². The molecule has 1 saturated carbocycles. The Hall–Kier alpha value is -1.72. The van der Waals surface area contributed by atoms with E-state index in [0.29, 0.717) is 6.42 Å². The summed E-state index contributed by atoms with van der Waals surface area (Å²) >= 11 is 0. The van der Waals surface area contributed by atoms with Gasteiger partial charge in [0.15, 0.2) is 0 Å². The number of hydrogen-bond acceptors (Lipinski definition) is 2. The van der Waals surface area contributed by atoms with Crippen molar-refractivity contribution in [2.24, 2.45) is 11.8 Å². The van der Waals surface area contributed by atoms with Gasteiger partial charge in [0.05, 0.1) is 18.1 Å². The van der Waals surface area contributed by atoms with Crippen LogP contribution in [0, 0.1) is 11.8 Å². The highest BCUT2D eigenvalue weighted by atomic mass is 19.4. The van der Waals surface area contributed by atoms with Gasteiger partial charge in [-0.2, -0.15) is 13.2 Å². The van der Waals surface area contributed by atoms with Crippen molar-refractivity contribution >= 4 is 5.97 Å². The third-order valence-electron chi connectivity index (χ3n) is 2.87. The van der Waals surface area contributed by atoms with Crippen molar-refractivity contribution < 1.29 is 27.8 Å². The maximum atomic E-state index is 12.4. The summed E-state index contributed by atoms with van der Waals surface area (Å²) in [6.45, 7) is 0.137. The van der Waals surface area contributed by atoms with Gasteiger partial charge in [-0.15, -0.1) is 0 Å². The SMILES string of the molecule is O=C(O)C1CC1COc1cccc(C(F)(F)F)c1. The number of ether oxygens (including phenoxy) is 1. The number of carboxylic acid groups (broad SMARTS) is 1. The van der Waals surface area contributed by atoms with E-state index in [1.165, 1.54) is 12.1 Å². The van der Waals surface area contributed by atoms with Gasteiger partial charge in [0.1, 0.15) is 5.75 Å². The predicted molar refractivity (Wildman–Crippen MR) is 56.2 cm³/mol. The number of carboxylic acids is 1. The van der Waals surface area contributed by atoms with Crippen LogP contribution in [0.3, 0.4) is 0 Å². The minimum absolute atomic E-state index is 0.1000. The van der Waals surface area contributed by atoms with Gasteiger partial charge >= 0.3 is 12.1 Å². The molecule has 2 atom stereocenters. The number of hydrogen-bond donors (Lipinski definition) is 1. The first-order valence-electron chi connectivity index (χ1n) is 5.41. The predicted octanol–water partition coefficient (Wildman–Crippen LogP) is 2.80. The minimum atomic E-state index is -4.40. The Balaban J connectivity index is 1.93. The van der Waals surface area contributed by atoms with E-state index in [9.17, 15) is 18.0 Å². The summed E-state index contributed by atoms with van der Waals surface area (Å²) in [5.74, 6) is -1.29. The van der Waals surface area contributed by atoms with Crippen LogP contribution in [0.25, 0.3) is 0 Å². The monoisotopic (exact) mass is 260 g/mol. The summed E-state index contributed by atoms with van der Waals surface area (Å²) in [4.78, 5) is 10.6. The molecular formula is C12H11F3O3. The summed E-state index contributed by atoms with van der Waals surface area (Å²) in [7, 11) is 0. The van der Waals surface area contributed by atoms with E-state index in [0.717, 1.165) is 12.1 Å². The number of carbonyl (C=O) groups is 1. The molecule has 0 bridgehead atoms. The molecule has 0 aliphatic heterocycles. The molecule has 0 heterocycles. The van der Waals surface area contributed by atoms with Crippen LogP contribution in [0.4, 0.5) is 13.2 Å². The quantitative estimate of drug-likeness (QED) is 0.905. The van der Waals surface area contributed by atoms with E-state index in [-0.39, 0.29) is 18.3 Å². The molecule has 0 saturated heterocycles. The zero-order chi connectivity index (χ0) is 13.3. The topological polar surface area (TPSA) is 46.5 Å². The normalized spacial score (nSPS) is 22.6. The summed E-state index contributed by atoms with van der Waals surface area (Å²) in [6.07, 6.45) is -3.88. The van der Waals surface area contributed by atoms with Gasteiger partial charge < -0.3 is 9.84 Å². The van der Waals surface area contributed by atoms with Crippen LogP contribution in [0.5, 0.6) is 5.75 Å². The number of rotatable bonds is 4. The molecule has 1 N–H and O–H groups in total. The second-order valence-electron chi connectivity index (χ2n) is 4.28. The number of benzene rings is 1. The lowest BCUT2D eigenvalue weighted by Gasteiger charge is -2.09. The minimum Gasteiger partial charge on any atom is -0.493 e. The molecule has 3 nitrogen and oxygen atoms in total. The second kappa shape index (κ2) is 4.51. The Morgan fingerprint density at radius 2 is 2.17 bits per heavy atom. The fourth-order valence-electron chi connectivity index (χ4n) is 1.70. The van der Waals surface area contributed by atoms with Gasteiger partial charge in [-0.1, -0.05) is 6.07 Å². The van der Waals surface area contributed by atoms with Crippen LogP contribution in [-0.4, -0.2) is 17.7 Å². The zero-order valence-electron chi connectivity index (χ0n) is 9.28. The van der Waals surface area contributed by atoms with E-state index in [2.05, 4.69) is 0 Å². The van der Waals surface area contributed by atoms with Gasteiger partial charge in [-0.25, -0.2) is 0 Å². The fourth-order valence-corrected chi connectivity index (χ4v) is 1.70. The molecule has 0 radical (unpaired) electrons. The van der Waals surface area contributed by atoms with Crippen molar-refractivity contribution in [3.8, 4) is 5.75 Å². The Bertz CT molecular complexity index is 456. The standard InChI is InChI=1S/C12H11F3O3/c13-12(14,15)8-2-1-3-9(5-8)18-6-7-4-10(7)11(16)17/h1-3,5,7,10H,4,6H2,(H,16,17). The molecule has 1 aromatic rings. The highest BCUT2D eigenvalue weighted by Gasteiger charge is 2.43. The number of halogens is 3. The summed E-state index contributed by atoms with van der Waals surface area (Å²) in [6, 6.07) is 4.56. The van der Waals surface area contributed by atoms with Crippen LogP contribution in [0.2, 0.25) is 0 Å². The van der Waals surface area contributed by atoms with Crippen molar-refractivity contribution in [1.29, 1.82) is 0 Å².